The van der Waals surface area contributed by atoms with Crippen molar-refractivity contribution in [2.75, 3.05) is 6.54 Å². The lowest BCUT2D eigenvalue weighted by Gasteiger charge is -2.61. The predicted octanol–water partition coefficient (Wildman–Crippen LogP) is 0.195. The van der Waals surface area contributed by atoms with Crippen LogP contribution in [0.2, 0.25) is 0 Å². The minimum Gasteiger partial charge on any atom is -0.504 e. The van der Waals surface area contributed by atoms with E-state index >= 15 is 0 Å². The molecule has 4 N–H and O–H groups in total. The van der Waals surface area contributed by atoms with Gasteiger partial charge in [-0.25, -0.2) is 0 Å². The summed E-state index contributed by atoms with van der Waals surface area (Å²) in [7, 11) is 0. The number of ether oxygens (including phenoxy) is 1. The van der Waals surface area contributed by atoms with E-state index in [0.717, 1.165) is 30.5 Å². The molecule has 1 aromatic carbocycles. The minimum atomic E-state index is -0.902. The molecule has 2 aliphatic carbocycles. The quantitative estimate of drug-likeness (QED) is 0.548. The van der Waals surface area contributed by atoms with Crippen molar-refractivity contribution in [3.63, 3.8) is 0 Å². The molecule has 0 radical (unpaired) electrons. The first-order valence-electron chi connectivity index (χ1n) is 7.74. The molecule has 2 bridgehead atoms. The summed E-state index contributed by atoms with van der Waals surface area (Å²) in [4.78, 5) is 0. The van der Waals surface area contributed by atoms with Crippen LogP contribution in [0.4, 0.5) is 0 Å². The third kappa shape index (κ3) is 1.14. The highest BCUT2D eigenvalue weighted by Crippen LogP contribution is 2.64. The van der Waals surface area contributed by atoms with Crippen LogP contribution in [0, 0.1) is 0 Å². The molecule has 1 aromatic rings. The second kappa shape index (κ2) is 3.54. The number of hydrogen-bond donors (Lipinski definition) is 4. The third-order valence-electron chi connectivity index (χ3n) is 6.25. The van der Waals surface area contributed by atoms with Gasteiger partial charge in [-0.05, 0) is 43.9 Å². The monoisotopic (exact) mass is 289 g/mol. The van der Waals surface area contributed by atoms with E-state index in [1.165, 1.54) is 0 Å². The second-order valence-electron chi connectivity index (χ2n) is 6.95. The van der Waals surface area contributed by atoms with Gasteiger partial charge in [-0.2, -0.15) is 0 Å². The van der Waals surface area contributed by atoms with Gasteiger partial charge < -0.3 is 25.4 Å². The first kappa shape index (κ1) is 12.3. The molecule has 4 aliphatic rings. The van der Waals surface area contributed by atoms with Crippen molar-refractivity contribution in [2.45, 2.75) is 54.9 Å². The van der Waals surface area contributed by atoms with Crippen molar-refractivity contribution in [2.24, 2.45) is 0 Å². The molecule has 2 fully saturated rings. The van der Waals surface area contributed by atoms with Crippen LogP contribution in [0.5, 0.6) is 11.5 Å². The van der Waals surface area contributed by atoms with Gasteiger partial charge in [0, 0.05) is 11.6 Å². The van der Waals surface area contributed by atoms with Crippen molar-refractivity contribution in [1.82, 2.24) is 5.32 Å². The number of aliphatic hydroxyl groups excluding tert-OH is 1. The molecule has 2 unspecified atom stereocenters. The largest absolute Gasteiger partial charge is 0.504 e. The number of hydrogen-bond acceptors (Lipinski definition) is 5. The topological polar surface area (TPSA) is 82.0 Å². The van der Waals surface area contributed by atoms with E-state index in [2.05, 4.69) is 5.32 Å². The summed E-state index contributed by atoms with van der Waals surface area (Å²) in [6.07, 6.45) is 1.52. The van der Waals surface area contributed by atoms with Crippen LogP contribution >= 0.6 is 0 Å². The molecule has 21 heavy (non-hydrogen) atoms. The number of nitrogens with one attached hydrogen (secondary N) is 1. The normalized spacial score (nSPS) is 45.9. The van der Waals surface area contributed by atoms with Crippen molar-refractivity contribution >= 4 is 0 Å². The number of phenolic OH excluding ortho intramolecular Hbond substituents is 1. The minimum absolute atomic E-state index is 0.00663. The Bertz CT molecular complexity index is 647. The first-order chi connectivity index (χ1) is 10.1. The Morgan fingerprint density at radius 2 is 2.14 bits per heavy atom. The molecule has 5 atom stereocenters. The summed E-state index contributed by atoms with van der Waals surface area (Å²) in [5.41, 5.74) is 0.594. The van der Waals surface area contributed by atoms with E-state index in [-0.39, 0.29) is 11.8 Å². The summed E-state index contributed by atoms with van der Waals surface area (Å²) in [5, 5.41) is 35.6. The first-order valence-corrected chi connectivity index (χ1v) is 7.74. The third-order valence-corrected chi connectivity index (χ3v) is 6.25. The van der Waals surface area contributed by atoms with Gasteiger partial charge in [0.25, 0.3) is 0 Å². The van der Waals surface area contributed by atoms with Crippen LogP contribution in [0.25, 0.3) is 0 Å². The highest BCUT2D eigenvalue weighted by Gasteiger charge is 2.71. The lowest BCUT2D eigenvalue weighted by molar-refractivity contribution is -0.179. The van der Waals surface area contributed by atoms with Crippen LogP contribution in [0.1, 0.15) is 30.4 Å². The highest BCUT2D eigenvalue weighted by molar-refractivity contribution is 5.62. The fourth-order valence-electron chi connectivity index (χ4n) is 5.42. The van der Waals surface area contributed by atoms with E-state index in [1.54, 1.807) is 6.07 Å². The number of piperidine rings is 1. The van der Waals surface area contributed by atoms with Gasteiger partial charge in [-0.3, -0.25) is 0 Å². The number of phenols is 1. The average molecular weight is 289 g/mol. The van der Waals surface area contributed by atoms with Crippen molar-refractivity contribution < 1.29 is 20.1 Å². The molecule has 1 saturated carbocycles. The summed E-state index contributed by atoms with van der Waals surface area (Å²) in [5.74, 6) is 0.598. The fourth-order valence-corrected chi connectivity index (χ4v) is 5.42. The maximum atomic E-state index is 11.5. The molecule has 5 heteroatoms. The summed E-state index contributed by atoms with van der Waals surface area (Å²) in [6.45, 7) is 0.800. The van der Waals surface area contributed by atoms with E-state index in [0.29, 0.717) is 18.6 Å². The molecular formula is C16H19NO4. The Morgan fingerprint density at radius 3 is 3.00 bits per heavy atom. The SMILES string of the molecule is Oc1ccc2c3c1O[C@H]1C(O)CC[C@@]4(O)[C@@H](C2)NCCC314. The number of aliphatic hydroxyl groups is 2. The summed E-state index contributed by atoms with van der Waals surface area (Å²) in [6, 6.07) is 3.59. The second-order valence-corrected chi connectivity index (χ2v) is 6.95. The van der Waals surface area contributed by atoms with Crippen LogP contribution in [-0.2, 0) is 11.8 Å². The smallest absolute Gasteiger partial charge is 0.165 e. The molecule has 5 nitrogen and oxygen atoms in total. The van der Waals surface area contributed by atoms with Crippen LogP contribution in [0.3, 0.4) is 0 Å². The number of rotatable bonds is 0. The molecule has 2 aliphatic heterocycles. The van der Waals surface area contributed by atoms with E-state index in [9.17, 15) is 15.3 Å². The van der Waals surface area contributed by atoms with Crippen LogP contribution < -0.4 is 10.1 Å². The maximum absolute atomic E-state index is 11.5. The predicted molar refractivity (Wildman–Crippen MR) is 74.5 cm³/mol. The van der Waals surface area contributed by atoms with Gasteiger partial charge in [0.05, 0.1) is 17.1 Å². The molecule has 0 aromatic heterocycles. The van der Waals surface area contributed by atoms with Crippen molar-refractivity contribution in [1.29, 1.82) is 0 Å². The summed E-state index contributed by atoms with van der Waals surface area (Å²) < 4.78 is 6.00. The van der Waals surface area contributed by atoms with E-state index in [4.69, 9.17) is 4.74 Å². The zero-order chi connectivity index (χ0) is 14.4. The van der Waals surface area contributed by atoms with Gasteiger partial charge >= 0.3 is 0 Å². The van der Waals surface area contributed by atoms with Crippen molar-refractivity contribution in [3.05, 3.63) is 23.3 Å². The Labute approximate surface area is 122 Å². The molecule has 112 valence electrons. The Kier molecular flexibility index (Phi) is 2.07. The fraction of sp³-hybridized carbons (Fsp3) is 0.625. The van der Waals surface area contributed by atoms with Gasteiger partial charge in [0.15, 0.2) is 11.5 Å². The van der Waals surface area contributed by atoms with Gasteiger partial charge in [0.2, 0.25) is 0 Å². The molecule has 2 heterocycles. The molecule has 0 amide bonds. The Hall–Kier alpha value is -1.30. The molecule has 1 spiro atoms. The zero-order valence-corrected chi connectivity index (χ0v) is 11.7. The van der Waals surface area contributed by atoms with Crippen LogP contribution in [-0.4, -0.2) is 45.7 Å². The molecular weight excluding hydrogens is 270 g/mol. The average Bonchev–Trinajstić information content (AvgIpc) is 2.80. The Balaban J connectivity index is 1.87. The van der Waals surface area contributed by atoms with E-state index in [1.807, 2.05) is 6.07 Å². The zero-order valence-electron chi connectivity index (χ0n) is 11.7. The lowest BCUT2D eigenvalue weighted by Crippen LogP contribution is -2.76. The van der Waals surface area contributed by atoms with Gasteiger partial charge in [-0.15, -0.1) is 0 Å². The lowest BCUT2D eigenvalue weighted by atomic mass is 9.49. The Morgan fingerprint density at radius 1 is 1.29 bits per heavy atom. The van der Waals surface area contributed by atoms with Gasteiger partial charge in [-0.1, -0.05) is 6.07 Å². The molecule has 1 saturated heterocycles. The molecule has 5 rings (SSSR count). The standard InChI is InChI=1S/C16H19NO4/c18-9-2-1-8-7-11-16(20)4-3-10(19)14-15(16,5-6-17-11)12(8)13(9)21-14/h1-2,10-11,14,17-20H,3-7H2/t10?,11-,14+,15?,16-/m1/s1. The number of aromatic hydroxyl groups is 1. The van der Waals surface area contributed by atoms with Crippen LogP contribution in [0.15, 0.2) is 12.1 Å². The number of benzene rings is 1. The van der Waals surface area contributed by atoms with Gasteiger partial charge in [0.1, 0.15) is 6.10 Å². The van der Waals surface area contributed by atoms with Crippen molar-refractivity contribution in [3.8, 4) is 11.5 Å². The van der Waals surface area contributed by atoms with E-state index < -0.39 is 23.2 Å². The highest BCUT2D eigenvalue weighted by atomic mass is 16.5. The maximum Gasteiger partial charge on any atom is 0.165 e. The summed E-state index contributed by atoms with van der Waals surface area (Å²) >= 11 is 0.